The van der Waals surface area contributed by atoms with Crippen molar-refractivity contribution in [2.45, 2.75) is 6.92 Å². The Morgan fingerprint density at radius 2 is 1.70 bits per heavy atom. The lowest BCUT2D eigenvalue weighted by Crippen LogP contribution is -1.65. The molecule has 0 spiro atoms. The van der Waals surface area contributed by atoms with Crippen LogP contribution in [-0.4, -0.2) is 5.48 Å². The van der Waals surface area contributed by atoms with Gasteiger partial charge in [-0.1, -0.05) is 42.5 Å². The molecule has 1 aromatic rings. The van der Waals surface area contributed by atoms with Crippen LogP contribution in [0.5, 0.6) is 0 Å². The summed E-state index contributed by atoms with van der Waals surface area (Å²) in [6.07, 6.45) is 4.12. The van der Waals surface area contributed by atoms with Crippen LogP contribution in [0.4, 0.5) is 0 Å². The quantitative estimate of drug-likeness (QED) is 0.564. The first-order chi connectivity index (χ1) is 4.43. The smallest absolute Gasteiger partial charge is 0.0260 e. The average molecular weight is 136 g/mol. The van der Waals surface area contributed by atoms with E-state index >= 15 is 0 Å². The van der Waals surface area contributed by atoms with Crippen molar-refractivity contribution in [1.82, 2.24) is 0 Å². The molecule has 0 saturated carbocycles. The van der Waals surface area contributed by atoms with Gasteiger partial charge in [0.1, 0.15) is 0 Å². The van der Waals surface area contributed by atoms with Crippen LogP contribution in [0, 0.1) is 0 Å². The van der Waals surface area contributed by atoms with Crippen molar-refractivity contribution in [3.8, 4) is 0 Å². The zero-order chi connectivity index (χ0) is 6.53. The van der Waals surface area contributed by atoms with Crippen LogP contribution < -0.4 is 0 Å². The van der Waals surface area contributed by atoms with Gasteiger partial charge < -0.3 is 5.48 Å². The lowest BCUT2D eigenvalue weighted by molar-refractivity contribution is 0.824. The molecule has 0 atom stereocenters. The molecule has 0 radical (unpaired) electrons. The van der Waals surface area contributed by atoms with Crippen molar-refractivity contribution in [1.29, 1.82) is 0 Å². The Labute approximate surface area is 61.3 Å². The van der Waals surface area contributed by atoms with Gasteiger partial charge in [0.25, 0.3) is 0 Å². The van der Waals surface area contributed by atoms with E-state index in [4.69, 9.17) is 0 Å². The minimum absolute atomic E-state index is 0. The normalized spacial score (nSPS) is 9.30. The van der Waals surface area contributed by atoms with Crippen molar-refractivity contribution in [3.63, 3.8) is 0 Å². The fourth-order valence-electron chi connectivity index (χ4n) is 0.757. The van der Waals surface area contributed by atoms with E-state index in [0.29, 0.717) is 0 Å². The van der Waals surface area contributed by atoms with E-state index in [-0.39, 0.29) is 5.48 Å². The zero-order valence-electron chi connectivity index (χ0n) is 6.04. The van der Waals surface area contributed by atoms with Gasteiger partial charge in [0.2, 0.25) is 0 Å². The van der Waals surface area contributed by atoms with Crippen LogP contribution in [0.25, 0.3) is 6.08 Å². The molecule has 0 amide bonds. The Bertz CT molecular complexity index is 189. The van der Waals surface area contributed by atoms with E-state index in [1.165, 1.54) is 5.56 Å². The number of allylic oxidation sites excluding steroid dienone is 1. The maximum absolute atomic E-state index is 2.08. The highest BCUT2D eigenvalue weighted by atomic mass is 16.0. The van der Waals surface area contributed by atoms with E-state index in [0.717, 1.165) is 0 Å². The Morgan fingerprint density at radius 1 is 1.10 bits per heavy atom. The predicted octanol–water partition coefficient (Wildman–Crippen LogP) is 1.90. The molecule has 1 aromatic carbocycles. The van der Waals surface area contributed by atoms with Crippen LogP contribution >= 0.6 is 0 Å². The molecule has 1 rings (SSSR count). The molecule has 0 aliphatic carbocycles. The minimum Gasteiger partial charge on any atom is -0.412 e. The second-order valence-electron chi connectivity index (χ2n) is 1.91. The summed E-state index contributed by atoms with van der Waals surface area (Å²) in [6, 6.07) is 10.3. The molecule has 0 aliphatic heterocycles. The van der Waals surface area contributed by atoms with E-state index in [1.54, 1.807) is 0 Å². The molecule has 54 valence electrons. The SMILES string of the molecule is CC=Cc1ccccc1.O. The van der Waals surface area contributed by atoms with Gasteiger partial charge in [-0.05, 0) is 12.5 Å². The van der Waals surface area contributed by atoms with Gasteiger partial charge in [-0.25, -0.2) is 0 Å². The molecule has 0 bridgehead atoms. The van der Waals surface area contributed by atoms with Crippen LogP contribution in [0.3, 0.4) is 0 Å². The first-order valence-electron chi connectivity index (χ1n) is 3.11. The van der Waals surface area contributed by atoms with E-state index in [9.17, 15) is 0 Å². The first kappa shape index (κ1) is 8.92. The third kappa shape index (κ3) is 2.46. The Kier molecular flexibility index (Phi) is 4.25. The molecule has 0 aliphatic rings. The van der Waals surface area contributed by atoms with Gasteiger partial charge in [-0.15, -0.1) is 0 Å². The zero-order valence-corrected chi connectivity index (χ0v) is 6.04. The third-order valence-corrected chi connectivity index (χ3v) is 1.16. The molecular weight excluding hydrogens is 124 g/mol. The van der Waals surface area contributed by atoms with E-state index < -0.39 is 0 Å². The maximum Gasteiger partial charge on any atom is -0.0260 e. The fraction of sp³-hybridized carbons (Fsp3) is 0.111. The van der Waals surface area contributed by atoms with Gasteiger partial charge in [-0.2, -0.15) is 0 Å². The van der Waals surface area contributed by atoms with Gasteiger partial charge in [-0.3, -0.25) is 0 Å². The molecule has 10 heavy (non-hydrogen) atoms. The standard InChI is InChI=1S/C9H10.H2O/c1-2-6-9-7-4-3-5-8-9;/h2-8H,1H3;1H2. The molecule has 2 N–H and O–H groups in total. The topological polar surface area (TPSA) is 31.5 Å². The summed E-state index contributed by atoms with van der Waals surface area (Å²) >= 11 is 0. The molecule has 0 heterocycles. The van der Waals surface area contributed by atoms with E-state index in [1.807, 2.05) is 31.2 Å². The second-order valence-corrected chi connectivity index (χ2v) is 1.91. The van der Waals surface area contributed by atoms with Crippen LogP contribution in [0.15, 0.2) is 36.4 Å². The largest absolute Gasteiger partial charge is 0.412 e. The summed E-state index contributed by atoms with van der Waals surface area (Å²) in [4.78, 5) is 0. The van der Waals surface area contributed by atoms with Crippen molar-refractivity contribution in [2.24, 2.45) is 0 Å². The maximum atomic E-state index is 2.08. The molecule has 1 nitrogen and oxygen atoms in total. The van der Waals surface area contributed by atoms with Crippen LogP contribution in [0.2, 0.25) is 0 Å². The average Bonchev–Trinajstić information content (AvgIpc) is 1.91. The fourth-order valence-corrected chi connectivity index (χ4v) is 0.757. The van der Waals surface area contributed by atoms with Crippen molar-refractivity contribution in [2.75, 3.05) is 0 Å². The van der Waals surface area contributed by atoms with Crippen molar-refractivity contribution >= 4 is 6.08 Å². The van der Waals surface area contributed by atoms with Gasteiger partial charge in [0, 0.05) is 0 Å². The Morgan fingerprint density at radius 3 is 2.20 bits per heavy atom. The van der Waals surface area contributed by atoms with Gasteiger partial charge in [0.05, 0.1) is 0 Å². The van der Waals surface area contributed by atoms with Crippen LogP contribution in [-0.2, 0) is 0 Å². The lowest BCUT2D eigenvalue weighted by atomic mass is 10.2. The van der Waals surface area contributed by atoms with Gasteiger partial charge >= 0.3 is 0 Å². The summed E-state index contributed by atoms with van der Waals surface area (Å²) in [5.41, 5.74) is 1.26. The van der Waals surface area contributed by atoms with Gasteiger partial charge in [0.15, 0.2) is 0 Å². The second kappa shape index (κ2) is 4.77. The number of rotatable bonds is 1. The summed E-state index contributed by atoms with van der Waals surface area (Å²) in [5.74, 6) is 0. The monoisotopic (exact) mass is 136 g/mol. The molecular formula is C9H12O. The van der Waals surface area contributed by atoms with Crippen LogP contribution in [0.1, 0.15) is 12.5 Å². The highest BCUT2D eigenvalue weighted by Gasteiger charge is 1.77. The summed E-state index contributed by atoms with van der Waals surface area (Å²) in [5, 5.41) is 0. The van der Waals surface area contributed by atoms with E-state index in [2.05, 4.69) is 18.2 Å². The third-order valence-electron chi connectivity index (χ3n) is 1.16. The van der Waals surface area contributed by atoms with Crippen molar-refractivity contribution < 1.29 is 5.48 Å². The number of hydrogen-bond acceptors (Lipinski definition) is 0. The highest BCUT2D eigenvalue weighted by Crippen LogP contribution is 1.99. The predicted molar refractivity (Wildman–Crippen MR) is 44.8 cm³/mol. The molecule has 0 saturated heterocycles. The first-order valence-corrected chi connectivity index (χ1v) is 3.11. The number of hydrogen-bond donors (Lipinski definition) is 0. The highest BCUT2D eigenvalue weighted by molar-refractivity contribution is 5.47. The minimum atomic E-state index is 0. The Balaban J connectivity index is 0.000000810. The molecule has 0 aromatic heterocycles. The Hall–Kier alpha value is -1.08. The van der Waals surface area contributed by atoms with Crippen molar-refractivity contribution in [3.05, 3.63) is 42.0 Å². The summed E-state index contributed by atoms with van der Waals surface area (Å²) < 4.78 is 0. The lowest BCUT2D eigenvalue weighted by Gasteiger charge is -1.86. The molecule has 0 fully saturated rings. The molecule has 1 heteroatoms. The number of benzene rings is 1. The summed E-state index contributed by atoms with van der Waals surface area (Å²) in [7, 11) is 0. The molecule has 0 unspecified atom stereocenters. The summed E-state index contributed by atoms with van der Waals surface area (Å²) in [6.45, 7) is 2.02.